The van der Waals surface area contributed by atoms with E-state index in [0.717, 1.165) is 0 Å². The largest absolute Gasteiger partial charge is 0.444 e. The highest BCUT2D eigenvalue weighted by Crippen LogP contribution is 2.12. The molecule has 20 heavy (non-hydrogen) atoms. The SMILES string of the molecule is CC(NC(=O)OC(C)(C)C)c1nnc2c(=O)[nH]ccn12. The number of carbonyl (C=O) groups excluding carboxylic acids is 1. The first-order chi connectivity index (χ1) is 9.28. The molecule has 8 nitrogen and oxygen atoms in total. The number of fused-ring (bicyclic) bond motifs is 1. The number of nitrogens with one attached hydrogen (secondary N) is 2. The summed E-state index contributed by atoms with van der Waals surface area (Å²) in [5.74, 6) is 0.456. The van der Waals surface area contributed by atoms with E-state index in [1.165, 1.54) is 10.6 Å². The van der Waals surface area contributed by atoms with Crippen LogP contribution < -0.4 is 10.9 Å². The number of aromatic nitrogens is 4. The first-order valence-electron chi connectivity index (χ1n) is 6.20. The number of nitrogens with zero attached hydrogens (tertiary/aromatic N) is 3. The van der Waals surface area contributed by atoms with Gasteiger partial charge < -0.3 is 15.0 Å². The van der Waals surface area contributed by atoms with Crippen LogP contribution >= 0.6 is 0 Å². The maximum absolute atomic E-state index is 11.7. The van der Waals surface area contributed by atoms with Crippen LogP contribution in [0.4, 0.5) is 4.79 Å². The molecule has 0 aliphatic carbocycles. The van der Waals surface area contributed by atoms with Gasteiger partial charge in [-0.15, -0.1) is 10.2 Å². The van der Waals surface area contributed by atoms with Crippen molar-refractivity contribution in [1.82, 2.24) is 24.9 Å². The normalized spacial score (nSPS) is 13.2. The Labute approximate surface area is 115 Å². The molecule has 2 aromatic rings. The summed E-state index contributed by atoms with van der Waals surface area (Å²) in [6, 6.07) is -0.443. The van der Waals surface area contributed by atoms with E-state index in [2.05, 4.69) is 20.5 Å². The summed E-state index contributed by atoms with van der Waals surface area (Å²) < 4.78 is 6.70. The van der Waals surface area contributed by atoms with Crippen molar-refractivity contribution in [1.29, 1.82) is 0 Å². The van der Waals surface area contributed by atoms with Crippen LogP contribution in [0, 0.1) is 0 Å². The summed E-state index contributed by atoms with van der Waals surface area (Å²) in [5.41, 5.74) is -0.732. The van der Waals surface area contributed by atoms with E-state index in [-0.39, 0.29) is 11.2 Å². The van der Waals surface area contributed by atoms with E-state index in [0.29, 0.717) is 5.82 Å². The van der Waals surface area contributed by atoms with Crippen LogP contribution in [0.15, 0.2) is 17.2 Å². The Morgan fingerprint density at radius 3 is 2.80 bits per heavy atom. The van der Waals surface area contributed by atoms with Crippen molar-refractivity contribution in [2.75, 3.05) is 0 Å². The molecule has 2 rings (SSSR count). The van der Waals surface area contributed by atoms with Crippen molar-refractivity contribution in [2.45, 2.75) is 39.3 Å². The van der Waals surface area contributed by atoms with Crippen molar-refractivity contribution in [3.63, 3.8) is 0 Å². The quantitative estimate of drug-likeness (QED) is 0.854. The first kappa shape index (κ1) is 14.0. The van der Waals surface area contributed by atoms with Gasteiger partial charge in [-0.1, -0.05) is 0 Å². The molecule has 2 aromatic heterocycles. The minimum Gasteiger partial charge on any atom is -0.444 e. The summed E-state index contributed by atoms with van der Waals surface area (Å²) in [6.07, 6.45) is 2.56. The molecule has 0 aromatic carbocycles. The fourth-order valence-electron chi connectivity index (χ4n) is 1.70. The molecule has 1 unspecified atom stereocenters. The zero-order chi connectivity index (χ0) is 14.9. The van der Waals surface area contributed by atoms with Crippen molar-refractivity contribution in [3.8, 4) is 0 Å². The van der Waals surface area contributed by atoms with Gasteiger partial charge in [0.2, 0.25) is 5.65 Å². The van der Waals surface area contributed by atoms with Gasteiger partial charge >= 0.3 is 6.09 Å². The molecule has 1 amide bonds. The van der Waals surface area contributed by atoms with Crippen LogP contribution in [-0.4, -0.2) is 31.3 Å². The number of rotatable bonds is 2. The van der Waals surface area contributed by atoms with E-state index in [1.807, 2.05) is 0 Å². The van der Waals surface area contributed by atoms with Crippen LogP contribution in [-0.2, 0) is 4.74 Å². The third kappa shape index (κ3) is 2.95. The lowest BCUT2D eigenvalue weighted by Crippen LogP contribution is -2.34. The maximum atomic E-state index is 11.7. The highest BCUT2D eigenvalue weighted by atomic mass is 16.6. The van der Waals surface area contributed by atoms with Crippen LogP contribution in [0.5, 0.6) is 0 Å². The van der Waals surface area contributed by atoms with Crippen LogP contribution in [0.2, 0.25) is 0 Å². The number of carbonyl (C=O) groups is 1. The van der Waals surface area contributed by atoms with Crippen molar-refractivity contribution >= 4 is 11.7 Å². The van der Waals surface area contributed by atoms with Crippen LogP contribution in [0.25, 0.3) is 5.65 Å². The molecule has 0 saturated carbocycles. The van der Waals surface area contributed by atoms with Gasteiger partial charge in [0.1, 0.15) is 5.60 Å². The molecule has 1 atom stereocenters. The number of alkyl carbamates (subject to hydrolysis) is 1. The van der Waals surface area contributed by atoms with E-state index >= 15 is 0 Å². The van der Waals surface area contributed by atoms with Crippen LogP contribution in [0.1, 0.15) is 39.6 Å². The third-order valence-electron chi connectivity index (χ3n) is 2.48. The predicted octanol–water partition coefficient (Wildman–Crippen LogP) is 1.00. The number of amides is 1. The van der Waals surface area contributed by atoms with Gasteiger partial charge in [-0.05, 0) is 27.7 Å². The van der Waals surface area contributed by atoms with Gasteiger partial charge in [-0.2, -0.15) is 0 Å². The molecule has 108 valence electrons. The average Bonchev–Trinajstić information content (AvgIpc) is 2.71. The van der Waals surface area contributed by atoms with Gasteiger partial charge in [-0.25, -0.2) is 4.79 Å². The fourth-order valence-corrected chi connectivity index (χ4v) is 1.70. The molecule has 0 aliphatic rings. The second-order valence-electron chi connectivity index (χ2n) is 5.41. The van der Waals surface area contributed by atoms with Gasteiger partial charge in [0.05, 0.1) is 6.04 Å². The van der Waals surface area contributed by atoms with Gasteiger partial charge in [0, 0.05) is 12.4 Å². The van der Waals surface area contributed by atoms with Gasteiger partial charge in [0.25, 0.3) is 5.56 Å². The molecule has 0 saturated heterocycles. The number of hydrogen-bond acceptors (Lipinski definition) is 5. The monoisotopic (exact) mass is 279 g/mol. The Morgan fingerprint density at radius 2 is 2.15 bits per heavy atom. The molecule has 0 spiro atoms. The fraction of sp³-hybridized carbons (Fsp3) is 0.500. The lowest BCUT2D eigenvalue weighted by Gasteiger charge is -2.21. The van der Waals surface area contributed by atoms with Gasteiger partial charge in [-0.3, -0.25) is 9.20 Å². The smallest absolute Gasteiger partial charge is 0.408 e. The van der Waals surface area contributed by atoms with Gasteiger partial charge in [0.15, 0.2) is 5.82 Å². The standard InChI is InChI=1S/C12H17N5O3/c1-7(14-11(19)20-12(2,3)4)8-15-16-9-10(18)13-5-6-17(8)9/h5-7H,1-4H3,(H,13,18)(H,14,19). The summed E-state index contributed by atoms with van der Waals surface area (Å²) in [4.78, 5) is 25.7. The van der Waals surface area contributed by atoms with E-state index in [4.69, 9.17) is 4.74 Å². The second-order valence-corrected chi connectivity index (χ2v) is 5.41. The molecule has 0 aliphatic heterocycles. The topological polar surface area (TPSA) is 101 Å². The summed E-state index contributed by atoms with van der Waals surface area (Å²) in [6.45, 7) is 7.08. The minimum atomic E-state index is -0.576. The Kier molecular flexibility index (Phi) is 3.47. The molecule has 0 radical (unpaired) electrons. The molecule has 8 heteroatoms. The van der Waals surface area contributed by atoms with Crippen molar-refractivity contribution in [2.24, 2.45) is 0 Å². The summed E-state index contributed by atoms with van der Waals surface area (Å²) in [5, 5.41) is 10.4. The number of ether oxygens (including phenoxy) is 1. The van der Waals surface area contributed by atoms with E-state index < -0.39 is 17.7 Å². The molecule has 2 heterocycles. The Hall–Kier alpha value is -2.38. The molecule has 0 fully saturated rings. The third-order valence-corrected chi connectivity index (χ3v) is 2.48. The highest BCUT2D eigenvalue weighted by Gasteiger charge is 2.21. The molecular weight excluding hydrogens is 262 g/mol. The van der Waals surface area contributed by atoms with Crippen molar-refractivity contribution < 1.29 is 9.53 Å². The van der Waals surface area contributed by atoms with E-state index in [9.17, 15) is 9.59 Å². The molecular formula is C12H17N5O3. The summed E-state index contributed by atoms with van der Waals surface area (Å²) >= 11 is 0. The number of aromatic amines is 1. The maximum Gasteiger partial charge on any atom is 0.408 e. The number of hydrogen-bond donors (Lipinski definition) is 2. The molecule has 2 N–H and O–H groups in total. The van der Waals surface area contributed by atoms with Crippen molar-refractivity contribution in [3.05, 3.63) is 28.6 Å². The average molecular weight is 279 g/mol. The Balaban J connectivity index is 2.20. The lowest BCUT2D eigenvalue weighted by molar-refractivity contribution is 0.0505. The predicted molar refractivity (Wildman–Crippen MR) is 71.4 cm³/mol. The highest BCUT2D eigenvalue weighted by molar-refractivity contribution is 5.68. The minimum absolute atomic E-state index is 0.181. The lowest BCUT2D eigenvalue weighted by atomic mass is 10.2. The summed E-state index contributed by atoms with van der Waals surface area (Å²) in [7, 11) is 0. The number of H-pyrrole nitrogens is 1. The first-order valence-corrected chi connectivity index (χ1v) is 6.20. The zero-order valence-corrected chi connectivity index (χ0v) is 11.8. The van der Waals surface area contributed by atoms with Crippen LogP contribution in [0.3, 0.4) is 0 Å². The Bertz CT molecular complexity index is 682. The molecule has 0 bridgehead atoms. The van der Waals surface area contributed by atoms with E-state index in [1.54, 1.807) is 33.9 Å². The second kappa shape index (κ2) is 4.95. The Morgan fingerprint density at radius 1 is 1.45 bits per heavy atom. The zero-order valence-electron chi connectivity index (χ0n) is 11.8.